The molecule has 2 heterocycles. The zero-order chi connectivity index (χ0) is 25.3. The fourth-order valence-electron chi connectivity index (χ4n) is 3.06. The van der Waals surface area contributed by atoms with E-state index in [4.69, 9.17) is 32.0 Å². The summed E-state index contributed by atoms with van der Waals surface area (Å²) >= 11 is 11.8. The monoisotopic (exact) mass is 522 g/mol. The average molecular weight is 523 g/mol. The van der Waals surface area contributed by atoms with Crippen molar-refractivity contribution in [1.82, 2.24) is 10.9 Å². The van der Waals surface area contributed by atoms with Crippen LogP contribution in [0.3, 0.4) is 0 Å². The highest BCUT2D eigenvalue weighted by atomic mass is 35.5. The second-order valence-corrected chi connectivity index (χ2v) is 8.38. The third-order valence-corrected chi connectivity index (χ3v) is 5.36. The van der Waals surface area contributed by atoms with Gasteiger partial charge in [0.1, 0.15) is 23.0 Å². The number of furan rings is 2. The molecule has 182 valence electrons. The van der Waals surface area contributed by atoms with Gasteiger partial charge < -0.3 is 8.83 Å². The van der Waals surface area contributed by atoms with Crippen LogP contribution in [0.25, 0.3) is 22.6 Å². The summed E-state index contributed by atoms with van der Waals surface area (Å²) < 4.78 is 11.3. The van der Waals surface area contributed by atoms with Crippen molar-refractivity contribution in [2.75, 3.05) is 0 Å². The number of rotatable bonds is 9. The standard InChI is InChI=1S/C26H20Cl2N4O4/c27-19-5-1-17(2-6-19)23-11-9-21(35-23)15-29-31-25(33)13-14-26(34)32-30-16-22-10-12-24(36-22)18-3-7-20(28)8-4-18/h1-12,15-16H,13-14H2,(H,31,33)(H,32,34)/b29-15+,30-16+. The Labute approximate surface area is 216 Å². The Morgan fingerprint density at radius 3 is 1.42 bits per heavy atom. The van der Waals surface area contributed by atoms with Crippen molar-refractivity contribution in [3.8, 4) is 22.6 Å². The van der Waals surface area contributed by atoms with E-state index in [1.165, 1.54) is 12.4 Å². The van der Waals surface area contributed by atoms with Gasteiger partial charge in [0.15, 0.2) is 0 Å². The van der Waals surface area contributed by atoms with Crippen LogP contribution >= 0.6 is 23.2 Å². The van der Waals surface area contributed by atoms with Crippen LogP contribution in [0.2, 0.25) is 10.0 Å². The van der Waals surface area contributed by atoms with Crippen molar-refractivity contribution >= 4 is 47.4 Å². The van der Waals surface area contributed by atoms with Gasteiger partial charge in [-0.25, -0.2) is 10.9 Å². The van der Waals surface area contributed by atoms with Gasteiger partial charge >= 0.3 is 0 Å². The fraction of sp³-hybridized carbons (Fsp3) is 0.0769. The maximum absolute atomic E-state index is 11.9. The SMILES string of the molecule is O=C(CCC(=O)N/N=C/c1ccc(-c2ccc(Cl)cc2)o1)N/N=C/c1ccc(-c2ccc(Cl)cc2)o1. The molecule has 36 heavy (non-hydrogen) atoms. The molecular formula is C26H20Cl2N4O4. The summed E-state index contributed by atoms with van der Waals surface area (Å²) in [5.74, 6) is 1.37. The second kappa shape index (κ2) is 12.0. The normalized spacial score (nSPS) is 11.3. The molecule has 0 atom stereocenters. The number of halogens is 2. The third kappa shape index (κ3) is 7.18. The molecule has 0 aliphatic heterocycles. The van der Waals surface area contributed by atoms with E-state index in [0.717, 1.165) is 11.1 Å². The van der Waals surface area contributed by atoms with E-state index in [1.807, 2.05) is 24.3 Å². The van der Waals surface area contributed by atoms with Gasteiger partial charge in [0, 0.05) is 34.0 Å². The van der Waals surface area contributed by atoms with Gasteiger partial charge in [-0.1, -0.05) is 23.2 Å². The highest BCUT2D eigenvalue weighted by Crippen LogP contribution is 2.24. The summed E-state index contributed by atoms with van der Waals surface area (Å²) in [7, 11) is 0. The van der Waals surface area contributed by atoms with E-state index in [1.54, 1.807) is 48.5 Å². The highest BCUT2D eigenvalue weighted by Gasteiger charge is 2.07. The van der Waals surface area contributed by atoms with E-state index >= 15 is 0 Å². The second-order valence-electron chi connectivity index (χ2n) is 7.50. The first-order chi connectivity index (χ1) is 17.5. The lowest BCUT2D eigenvalue weighted by Crippen LogP contribution is -2.22. The number of hydrogen-bond donors (Lipinski definition) is 2. The minimum Gasteiger partial charge on any atom is -0.455 e. The molecule has 2 N–H and O–H groups in total. The van der Waals surface area contributed by atoms with Crippen LogP contribution in [0.1, 0.15) is 24.4 Å². The molecule has 4 rings (SSSR count). The van der Waals surface area contributed by atoms with Crippen molar-refractivity contribution in [3.05, 3.63) is 94.4 Å². The quantitative estimate of drug-likeness (QED) is 0.211. The van der Waals surface area contributed by atoms with Crippen LogP contribution in [0, 0.1) is 0 Å². The Hall–Kier alpha value is -4.14. The predicted octanol–water partition coefficient (Wildman–Crippen LogP) is 5.89. The van der Waals surface area contributed by atoms with E-state index in [0.29, 0.717) is 33.1 Å². The molecule has 0 unspecified atom stereocenters. The number of nitrogens with one attached hydrogen (secondary N) is 2. The number of hydrogen-bond acceptors (Lipinski definition) is 6. The molecule has 0 saturated heterocycles. The Morgan fingerprint density at radius 1 is 0.639 bits per heavy atom. The van der Waals surface area contributed by atoms with E-state index < -0.39 is 11.8 Å². The topological polar surface area (TPSA) is 109 Å². The van der Waals surface area contributed by atoms with Gasteiger partial charge in [0.25, 0.3) is 0 Å². The van der Waals surface area contributed by atoms with Crippen LogP contribution < -0.4 is 10.9 Å². The fourth-order valence-corrected chi connectivity index (χ4v) is 3.31. The summed E-state index contributed by atoms with van der Waals surface area (Å²) in [6, 6.07) is 21.5. The van der Waals surface area contributed by atoms with Crippen molar-refractivity contribution in [3.63, 3.8) is 0 Å². The molecule has 0 radical (unpaired) electrons. The summed E-state index contributed by atoms with van der Waals surface area (Å²) in [5.41, 5.74) is 6.45. The minimum atomic E-state index is -0.423. The number of benzene rings is 2. The molecule has 0 fully saturated rings. The first-order valence-corrected chi connectivity index (χ1v) is 11.6. The van der Waals surface area contributed by atoms with E-state index in [2.05, 4.69) is 21.1 Å². The molecule has 4 aromatic rings. The molecule has 2 aromatic carbocycles. The van der Waals surface area contributed by atoms with E-state index in [-0.39, 0.29) is 12.8 Å². The number of hydrazone groups is 2. The zero-order valence-electron chi connectivity index (χ0n) is 18.8. The zero-order valence-corrected chi connectivity index (χ0v) is 20.3. The molecule has 0 spiro atoms. The van der Waals surface area contributed by atoms with Crippen LogP contribution in [-0.4, -0.2) is 24.2 Å². The van der Waals surface area contributed by atoms with Gasteiger partial charge in [-0.2, -0.15) is 10.2 Å². The Balaban J connectivity index is 1.17. The molecule has 8 nitrogen and oxygen atoms in total. The van der Waals surface area contributed by atoms with Gasteiger partial charge in [-0.3, -0.25) is 9.59 Å². The molecule has 10 heteroatoms. The van der Waals surface area contributed by atoms with Crippen molar-refractivity contribution in [2.24, 2.45) is 10.2 Å². The number of carbonyl (C=O) groups is 2. The lowest BCUT2D eigenvalue weighted by atomic mass is 10.2. The van der Waals surface area contributed by atoms with Crippen molar-refractivity contribution in [1.29, 1.82) is 0 Å². The first-order valence-electron chi connectivity index (χ1n) is 10.8. The summed E-state index contributed by atoms with van der Waals surface area (Å²) in [4.78, 5) is 23.9. The van der Waals surface area contributed by atoms with E-state index in [9.17, 15) is 9.59 Å². The average Bonchev–Trinajstić information content (AvgIpc) is 3.54. The summed E-state index contributed by atoms with van der Waals surface area (Å²) in [6.07, 6.45) is 2.63. The highest BCUT2D eigenvalue weighted by molar-refractivity contribution is 6.30. The Morgan fingerprint density at radius 2 is 1.03 bits per heavy atom. The molecule has 0 aliphatic rings. The maximum atomic E-state index is 11.9. The maximum Gasteiger partial charge on any atom is 0.240 e. The van der Waals surface area contributed by atoms with Crippen LogP contribution in [-0.2, 0) is 9.59 Å². The van der Waals surface area contributed by atoms with Crippen LogP contribution in [0.15, 0.2) is 91.8 Å². The molecule has 0 bridgehead atoms. The first kappa shape index (κ1) is 25.0. The van der Waals surface area contributed by atoms with Gasteiger partial charge in [0.2, 0.25) is 11.8 Å². The van der Waals surface area contributed by atoms with Gasteiger partial charge in [0.05, 0.1) is 12.4 Å². The molecule has 0 aliphatic carbocycles. The molecule has 0 saturated carbocycles. The number of nitrogens with zero attached hydrogens (tertiary/aromatic N) is 2. The van der Waals surface area contributed by atoms with Crippen molar-refractivity contribution < 1.29 is 18.4 Å². The van der Waals surface area contributed by atoms with Crippen LogP contribution in [0.5, 0.6) is 0 Å². The lowest BCUT2D eigenvalue weighted by Gasteiger charge is -1.99. The minimum absolute atomic E-state index is 0.0612. The summed E-state index contributed by atoms with van der Waals surface area (Å²) in [6.45, 7) is 0. The molecule has 2 amide bonds. The summed E-state index contributed by atoms with van der Waals surface area (Å²) in [5, 5.41) is 8.98. The third-order valence-electron chi connectivity index (χ3n) is 4.85. The molecule has 2 aromatic heterocycles. The molecular weight excluding hydrogens is 503 g/mol. The Kier molecular flexibility index (Phi) is 8.33. The number of amides is 2. The largest absolute Gasteiger partial charge is 0.455 e. The van der Waals surface area contributed by atoms with Crippen LogP contribution in [0.4, 0.5) is 0 Å². The van der Waals surface area contributed by atoms with Gasteiger partial charge in [-0.15, -0.1) is 0 Å². The Bertz CT molecular complexity index is 1280. The predicted molar refractivity (Wildman–Crippen MR) is 139 cm³/mol. The number of carbonyl (C=O) groups excluding carboxylic acids is 2. The van der Waals surface area contributed by atoms with Crippen molar-refractivity contribution in [2.45, 2.75) is 12.8 Å². The van der Waals surface area contributed by atoms with Gasteiger partial charge in [-0.05, 0) is 72.8 Å². The smallest absolute Gasteiger partial charge is 0.240 e. The lowest BCUT2D eigenvalue weighted by molar-refractivity contribution is -0.126.